The van der Waals surface area contributed by atoms with Crippen LogP contribution in [0.5, 0.6) is 0 Å². The second-order valence-corrected chi connectivity index (χ2v) is 5.92. The molecule has 1 rings (SSSR count). The van der Waals surface area contributed by atoms with Crippen LogP contribution in [0.4, 0.5) is 0 Å². The van der Waals surface area contributed by atoms with Crippen molar-refractivity contribution in [1.29, 1.82) is 0 Å². The minimum Gasteiger partial charge on any atom is -0.468 e. The molecule has 1 aromatic rings. The van der Waals surface area contributed by atoms with Gasteiger partial charge in [0.15, 0.2) is 0 Å². The van der Waals surface area contributed by atoms with Crippen molar-refractivity contribution in [2.75, 3.05) is 13.7 Å². The Morgan fingerprint density at radius 2 is 1.89 bits per heavy atom. The van der Waals surface area contributed by atoms with Gasteiger partial charge in [-0.2, -0.15) is 4.72 Å². The van der Waals surface area contributed by atoms with Gasteiger partial charge in [-0.15, -0.1) is 0 Å². The maximum absolute atomic E-state index is 11.9. The van der Waals surface area contributed by atoms with Crippen LogP contribution in [0.15, 0.2) is 29.2 Å². The number of rotatable bonds is 7. The van der Waals surface area contributed by atoms with Crippen LogP contribution in [-0.2, 0) is 26.0 Å². The van der Waals surface area contributed by atoms with E-state index in [0.717, 1.165) is 24.8 Å². The number of carbonyl (C=O) groups excluding carboxylic acids is 1. The summed E-state index contributed by atoms with van der Waals surface area (Å²) in [6.07, 6.45) is 3.11. The SMILES string of the molecule is CCCCc1ccc(S(=O)(=O)NCC(=O)OC)cc1. The fourth-order valence-electron chi connectivity index (χ4n) is 1.53. The number of nitrogens with one attached hydrogen (secondary N) is 1. The van der Waals surface area contributed by atoms with E-state index in [9.17, 15) is 13.2 Å². The Balaban J connectivity index is 2.70. The minimum atomic E-state index is -3.65. The average Bonchev–Trinajstić information content (AvgIpc) is 2.43. The summed E-state index contributed by atoms with van der Waals surface area (Å²) >= 11 is 0. The molecule has 0 aliphatic rings. The first-order valence-electron chi connectivity index (χ1n) is 6.15. The molecule has 0 spiro atoms. The van der Waals surface area contributed by atoms with Gasteiger partial charge in [-0.1, -0.05) is 25.5 Å². The topological polar surface area (TPSA) is 72.5 Å². The second-order valence-electron chi connectivity index (χ2n) is 4.15. The number of carbonyl (C=O) groups is 1. The van der Waals surface area contributed by atoms with Crippen molar-refractivity contribution < 1.29 is 17.9 Å². The van der Waals surface area contributed by atoms with Crippen molar-refractivity contribution in [1.82, 2.24) is 4.72 Å². The zero-order valence-corrected chi connectivity index (χ0v) is 12.0. The van der Waals surface area contributed by atoms with Crippen LogP contribution >= 0.6 is 0 Å². The van der Waals surface area contributed by atoms with Gasteiger partial charge in [-0.3, -0.25) is 4.79 Å². The number of benzene rings is 1. The third-order valence-corrected chi connectivity index (χ3v) is 4.10. The molecule has 0 heterocycles. The first-order valence-corrected chi connectivity index (χ1v) is 7.63. The van der Waals surface area contributed by atoms with Crippen LogP contribution < -0.4 is 4.72 Å². The molecule has 106 valence electrons. The molecule has 6 heteroatoms. The summed E-state index contributed by atoms with van der Waals surface area (Å²) in [5.41, 5.74) is 1.11. The normalized spacial score (nSPS) is 11.3. The van der Waals surface area contributed by atoms with Gasteiger partial charge in [0.1, 0.15) is 6.54 Å². The number of esters is 1. The highest BCUT2D eigenvalue weighted by Gasteiger charge is 2.15. The van der Waals surface area contributed by atoms with Gasteiger partial charge in [-0.05, 0) is 30.5 Å². The summed E-state index contributed by atoms with van der Waals surface area (Å²) in [7, 11) is -2.45. The molecule has 1 N–H and O–H groups in total. The molecule has 0 saturated heterocycles. The van der Waals surface area contributed by atoms with Gasteiger partial charge in [0.05, 0.1) is 12.0 Å². The molecule has 0 aliphatic heterocycles. The Bertz CT molecular complexity index is 508. The summed E-state index contributed by atoms with van der Waals surface area (Å²) in [4.78, 5) is 11.1. The number of hydrogen-bond donors (Lipinski definition) is 1. The maximum atomic E-state index is 11.9. The molecule has 0 amide bonds. The number of hydrogen-bond acceptors (Lipinski definition) is 4. The van der Waals surface area contributed by atoms with Crippen molar-refractivity contribution in [3.8, 4) is 0 Å². The van der Waals surface area contributed by atoms with E-state index in [0.29, 0.717) is 0 Å². The van der Waals surface area contributed by atoms with E-state index in [1.807, 2.05) is 0 Å². The number of ether oxygens (including phenoxy) is 1. The molecule has 0 fully saturated rings. The lowest BCUT2D eigenvalue weighted by Gasteiger charge is -2.06. The van der Waals surface area contributed by atoms with Gasteiger partial charge in [-0.25, -0.2) is 8.42 Å². The number of methoxy groups -OCH3 is 1. The fraction of sp³-hybridized carbons (Fsp3) is 0.462. The smallest absolute Gasteiger partial charge is 0.320 e. The summed E-state index contributed by atoms with van der Waals surface area (Å²) in [6.45, 7) is 1.74. The highest BCUT2D eigenvalue weighted by Crippen LogP contribution is 2.12. The van der Waals surface area contributed by atoms with Gasteiger partial charge in [0.2, 0.25) is 10.0 Å². The van der Waals surface area contributed by atoms with Crippen LogP contribution in [-0.4, -0.2) is 28.0 Å². The van der Waals surface area contributed by atoms with Gasteiger partial charge in [0, 0.05) is 0 Å². The molecule has 0 aliphatic carbocycles. The summed E-state index contributed by atoms with van der Waals surface area (Å²) in [5, 5.41) is 0. The van der Waals surface area contributed by atoms with E-state index in [1.54, 1.807) is 24.3 Å². The van der Waals surface area contributed by atoms with Crippen molar-refractivity contribution in [3.63, 3.8) is 0 Å². The van der Waals surface area contributed by atoms with Crippen molar-refractivity contribution >= 4 is 16.0 Å². The van der Waals surface area contributed by atoms with E-state index in [4.69, 9.17) is 0 Å². The summed E-state index contributed by atoms with van der Waals surface area (Å²) in [6, 6.07) is 6.68. The molecular formula is C13H19NO4S. The van der Waals surface area contributed by atoms with Gasteiger partial charge in [0.25, 0.3) is 0 Å². The van der Waals surface area contributed by atoms with Gasteiger partial charge < -0.3 is 4.74 Å². The summed E-state index contributed by atoms with van der Waals surface area (Å²) < 4.78 is 30.3. The van der Waals surface area contributed by atoms with Gasteiger partial charge >= 0.3 is 5.97 Å². The van der Waals surface area contributed by atoms with Crippen LogP contribution in [0.3, 0.4) is 0 Å². The highest BCUT2D eigenvalue weighted by molar-refractivity contribution is 7.89. The molecule has 1 aromatic carbocycles. The zero-order valence-electron chi connectivity index (χ0n) is 11.2. The monoisotopic (exact) mass is 285 g/mol. The Labute approximate surface area is 114 Å². The predicted octanol–water partition coefficient (Wildman–Crippen LogP) is 1.48. The Kier molecular flexibility index (Phi) is 5.98. The van der Waals surface area contributed by atoms with E-state index in [1.165, 1.54) is 7.11 Å². The predicted molar refractivity (Wildman–Crippen MR) is 72.3 cm³/mol. The molecule has 0 unspecified atom stereocenters. The molecule has 5 nitrogen and oxygen atoms in total. The quantitative estimate of drug-likeness (QED) is 0.770. The van der Waals surface area contributed by atoms with Crippen molar-refractivity contribution in [2.45, 2.75) is 31.1 Å². The maximum Gasteiger partial charge on any atom is 0.320 e. The average molecular weight is 285 g/mol. The molecule has 0 saturated carbocycles. The molecule has 0 aromatic heterocycles. The van der Waals surface area contributed by atoms with Crippen molar-refractivity contribution in [2.24, 2.45) is 0 Å². The lowest BCUT2D eigenvalue weighted by atomic mass is 10.1. The summed E-state index contributed by atoms with van der Waals surface area (Å²) in [5.74, 6) is -0.622. The number of sulfonamides is 1. The highest BCUT2D eigenvalue weighted by atomic mass is 32.2. The standard InChI is InChI=1S/C13H19NO4S/c1-3-4-5-11-6-8-12(9-7-11)19(16,17)14-10-13(15)18-2/h6-9,14H,3-5,10H2,1-2H3. The van der Waals surface area contributed by atoms with Crippen LogP contribution in [0.2, 0.25) is 0 Å². The molecule has 0 bridgehead atoms. The number of unbranched alkanes of at least 4 members (excludes halogenated alkanes) is 1. The lowest BCUT2D eigenvalue weighted by molar-refractivity contribution is -0.139. The minimum absolute atomic E-state index is 0.150. The molecule has 19 heavy (non-hydrogen) atoms. The molecular weight excluding hydrogens is 266 g/mol. The third kappa shape index (κ3) is 5.00. The third-order valence-electron chi connectivity index (χ3n) is 2.69. The van der Waals surface area contributed by atoms with Crippen LogP contribution in [0.1, 0.15) is 25.3 Å². The molecule has 0 atom stereocenters. The Morgan fingerprint density at radius 3 is 2.42 bits per heavy atom. The lowest BCUT2D eigenvalue weighted by Crippen LogP contribution is -2.30. The first kappa shape index (κ1) is 15.7. The van der Waals surface area contributed by atoms with Crippen LogP contribution in [0.25, 0.3) is 0 Å². The Morgan fingerprint density at radius 1 is 1.26 bits per heavy atom. The second kappa shape index (κ2) is 7.25. The Hall–Kier alpha value is -1.40. The number of aryl methyl sites for hydroxylation is 1. The zero-order chi connectivity index (χ0) is 14.3. The molecule has 0 radical (unpaired) electrons. The van der Waals surface area contributed by atoms with Crippen molar-refractivity contribution in [3.05, 3.63) is 29.8 Å². The van der Waals surface area contributed by atoms with E-state index in [2.05, 4.69) is 16.4 Å². The van der Waals surface area contributed by atoms with E-state index in [-0.39, 0.29) is 11.4 Å². The largest absolute Gasteiger partial charge is 0.468 e. The fourth-order valence-corrected chi connectivity index (χ4v) is 2.49. The van der Waals surface area contributed by atoms with E-state index < -0.39 is 16.0 Å². The first-order chi connectivity index (χ1) is 8.99. The van der Waals surface area contributed by atoms with Crippen LogP contribution in [0, 0.1) is 0 Å². The van der Waals surface area contributed by atoms with E-state index >= 15 is 0 Å².